The van der Waals surface area contributed by atoms with Crippen molar-refractivity contribution in [1.82, 2.24) is 0 Å². The summed E-state index contributed by atoms with van der Waals surface area (Å²) in [7, 11) is 0. The minimum Gasteiger partial charge on any atom is -0.436 e. The second kappa shape index (κ2) is 25.7. The molecule has 0 radical (unpaired) electrons. The van der Waals surface area contributed by atoms with Crippen molar-refractivity contribution in [2.24, 2.45) is 23.7 Å². The van der Waals surface area contributed by atoms with Crippen LogP contribution in [0.1, 0.15) is 183 Å². The molecule has 0 fully saturated rings. The minimum atomic E-state index is -0.928. The van der Waals surface area contributed by atoms with Crippen LogP contribution in [-0.4, -0.2) is 17.4 Å². The maximum absolute atomic E-state index is 12.9. The number of aliphatic hydroxyl groups excluding tert-OH is 1. The molecule has 37 heavy (non-hydrogen) atoms. The molecule has 0 amide bonds. The van der Waals surface area contributed by atoms with E-state index in [0.29, 0.717) is 12.3 Å². The number of carbonyl (C=O) groups excluding carboxylic acids is 1. The van der Waals surface area contributed by atoms with Crippen LogP contribution in [-0.2, 0) is 9.53 Å². The molecule has 0 bridgehead atoms. The van der Waals surface area contributed by atoms with Crippen LogP contribution in [0.25, 0.3) is 0 Å². The second-order valence-electron chi connectivity index (χ2n) is 13.2. The molecule has 0 saturated carbocycles. The number of hydrogen-bond acceptors (Lipinski definition) is 3. The van der Waals surface area contributed by atoms with Crippen molar-refractivity contribution in [1.29, 1.82) is 0 Å². The Labute approximate surface area is 233 Å². The lowest BCUT2D eigenvalue weighted by Crippen LogP contribution is -2.24. The fourth-order valence-corrected chi connectivity index (χ4v) is 5.20. The summed E-state index contributed by atoms with van der Waals surface area (Å²) in [6.45, 7) is 13.7. The molecule has 0 rings (SSSR count). The van der Waals surface area contributed by atoms with E-state index in [1.165, 1.54) is 96.3 Å². The van der Waals surface area contributed by atoms with Crippen LogP contribution in [0.2, 0.25) is 0 Å². The molecule has 0 aliphatic carbocycles. The van der Waals surface area contributed by atoms with E-state index >= 15 is 0 Å². The number of esters is 1. The van der Waals surface area contributed by atoms with Crippen LogP contribution in [0.4, 0.5) is 0 Å². The molecule has 0 aliphatic rings. The third kappa shape index (κ3) is 26.8. The van der Waals surface area contributed by atoms with Crippen molar-refractivity contribution in [2.75, 3.05) is 0 Å². The molecule has 0 aromatic heterocycles. The first-order chi connectivity index (χ1) is 17.7. The van der Waals surface area contributed by atoms with Crippen LogP contribution in [0, 0.1) is 23.7 Å². The van der Waals surface area contributed by atoms with Gasteiger partial charge < -0.3 is 9.84 Å². The Bertz CT molecular complexity index is 485. The van der Waals surface area contributed by atoms with Crippen LogP contribution in [0.15, 0.2) is 0 Å². The summed E-state index contributed by atoms with van der Waals surface area (Å²) >= 11 is 0. The summed E-state index contributed by atoms with van der Waals surface area (Å²) in [5.41, 5.74) is 0. The maximum atomic E-state index is 12.9. The third-order valence-electron chi connectivity index (χ3n) is 7.74. The lowest BCUT2D eigenvalue weighted by molar-refractivity contribution is -0.174. The fourth-order valence-electron chi connectivity index (χ4n) is 5.20. The van der Waals surface area contributed by atoms with Crippen molar-refractivity contribution in [3.63, 3.8) is 0 Å². The van der Waals surface area contributed by atoms with Crippen LogP contribution < -0.4 is 0 Å². The monoisotopic (exact) mass is 525 g/mol. The predicted octanol–water partition coefficient (Wildman–Crippen LogP) is 11.0. The molecule has 0 saturated heterocycles. The number of aliphatic hydroxyl groups is 1. The highest BCUT2D eigenvalue weighted by Gasteiger charge is 2.22. The Morgan fingerprint density at radius 3 is 1.11 bits per heavy atom. The lowest BCUT2D eigenvalue weighted by Gasteiger charge is -2.19. The normalized spacial score (nSPS) is 13.6. The highest BCUT2D eigenvalue weighted by molar-refractivity contribution is 5.72. The van der Waals surface area contributed by atoms with Crippen molar-refractivity contribution < 1.29 is 14.6 Å². The van der Waals surface area contributed by atoms with E-state index < -0.39 is 6.29 Å². The largest absolute Gasteiger partial charge is 0.436 e. The summed E-state index contributed by atoms with van der Waals surface area (Å²) < 4.78 is 5.53. The topological polar surface area (TPSA) is 46.5 Å². The zero-order valence-electron chi connectivity index (χ0n) is 26.2. The molecule has 222 valence electrons. The molecule has 0 spiro atoms. The first-order valence-electron chi connectivity index (χ1n) is 16.6. The summed E-state index contributed by atoms with van der Waals surface area (Å²) in [6.07, 6.45) is 25.2. The van der Waals surface area contributed by atoms with Gasteiger partial charge in [0.1, 0.15) is 0 Å². The van der Waals surface area contributed by atoms with Crippen LogP contribution >= 0.6 is 0 Å². The van der Waals surface area contributed by atoms with Gasteiger partial charge in [0, 0.05) is 6.42 Å². The van der Waals surface area contributed by atoms with Crippen molar-refractivity contribution >= 4 is 5.97 Å². The van der Waals surface area contributed by atoms with Crippen molar-refractivity contribution in [3.8, 4) is 0 Å². The maximum Gasteiger partial charge on any atom is 0.311 e. The molecule has 2 atom stereocenters. The molecular formula is C34H68O3. The number of carbonyl (C=O) groups is 1. The van der Waals surface area contributed by atoms with E-state index in [2.05, 4.69) is 41.5 Å². The van der Waals surface area contributed by atoms with Crippen LogP contribution in [0.5, 0.6) is 0 Å². The smallest absolute Gasteiger partial charge is 0.311 e. The van der Waals surface area contributed by atoms with Gasteiger partial charge in [0.25, 0.3) is 0 Å². The van der Waals surface area contributed by atoms with Gasteiger partial charge in [-0.3, -0.25) is 4.79 Å². The number of unbranched alkanes of at least 4 members (excludes halogenated alkanes) is 13. The van der Waals surface area contributed by atoms with Gasteiger partial charge in [0.2, 0.25) is 6.29 Å². The quantitative estimate of drug-likeness (QED) is 0.0660. The van der Waals surface area contributed by atoms with E-state index in [1.807, 2.05) is 0 Å². The molecule has 0 aromatic carbocycles. The van der Waals surface area contributed by atoms with Gasteiger partial charge in [0.15, 0.2) is 0 Å². The van der Waals surface area contributed by atoms with E-state index in [1.54, 1.807) is 0 Å². The molecule has 1 N–H and O–H groups in total. The Kier molecular flexibility index (Phi) is 25.3. The van der Waals surface area contributed by atoms with Gasteiger partial charge in [-0.25, -0.2) is 0 Å². The molecule has 0 aromatic rings. The summed E-state index contributed by atoms with van der Waals surface area (Å²) in [5.74, 6) is 2.16. The molecular weight excluding hydrogens is 456 g/mol. The van der Waals surface area contributed by atoms with E-state index in [0.717, 1.165) is 50.4 Å². The Balaban J connectivity index is 4.12. The van der Waals surface area contributed by atoms with E-state index in [-0.39, 0.29) is 11.9 Å². The molecule has 0 heterocycles. The summed E-state index contributed by atoms with van der Waals surface area (Å²) in [6, 6.07) is 0. The number of rotatable bonds is 27. The average Bonchev–Trinajstić information content (AvgIpc) is 2.82. The molecule has 3 nitrogen and oxygen atoms in total. The zero-order chi connectivity index (χ0) is 27.7. The summed E-state index contributed by atoms with van der Waals surface area (Å²) in [4.78, 5) is 12.9. The third-order valence-corrected chi connectivity index (χ3v) is 7.74. The van der Waals surface area contributed by atoms with Crippen LogP contribution in [0.3, 0.4) is 0 Å². The molecule has 0 aliphatic heterocycles. The van der Waals surface area contributed by atoms with Crippen molar-refractivity contribution in [3.05, 3.63) is 0 Å². The Morgan fingerprint density at radius 2 is 0.730 bits per heavy atom. The van der Waals surface area contributed by atoms with E-state index in [4.69, 9.17) is 4.74 Å². The number of ether oxygens (including phenoxy) is 1. The Hall–Kier alpha value is -0.570. The van der Waals surface area contributed by atoms with Crippen molar-refractivity contribution in [2.45, 2.75) is 189 Å². The highest BCUT2D eigenvalue weighted by atomic mass is 16.6. The van der Waals surface area contributed by atoms with E-state index in [9.17, 15) is 9.90 Å². The van der Waals surface area contributed by atoms with Gasteiger partial charge in [-0.15, -0.1) is 0 Å². The molecule has 3 heteroatoms. The zero-order valence-corrected chi connectivity index (χ0v) is 26.2. The van der Waals surface area contributed by atoms with Gasteiger partial charge >= 0.3 is 5.97 Å². The van der Waals surface area contributed by atoms with Gasteiger partial charge in [0.05, 0.1) is 5.92 Å². The first-order valence-corrected chi connectivity index (χ1v) is 16.6. The van der Waals surface area contributed by atoms with Gasteiger partial charge in [-0.05, 0) is 37.0 Å². The summed E-state index contributed by atoms with van der Waals surface area (Å²) in [5, 5.41) is 10.3. The first kappa shape index (κ1) is 36.4. The average molecular weight is 525 g/mol. The van der Waals surface area contributed by atoms with Gasteiger partial charge in [-0.2, -0.15) is 0 Å². The fraction of sp³-hybridized carbons (Fsp3) is 0.971. The number of hydrogen-bond donors (Lipinski definition) is 1. The lowest BCUT2D eigenvalue weighted by atomic mass is 9.93. The molecule has 2 unspecified atom stereocenters. The van der Waals surface area contributed by atoms with Gasteiger partial charge in [-0.1, -0.05) is 157 Å². The standard InChI is InChI=1S/C34H68O3/c1-29(2)23-17-13-9-7-11-15-19-26-32(27-22-21-25-31(5)6)34(36)37-33(35)28-20-16-12-8-10-14-18-24-30(3)4/h29-33,35H,7-28H2,1-6H3. The Morgan fingerprint density at radius 1 is 0.459 bits per heavy atom. The highest BCUT2D eigenvalue weighted by Crippen LogP contribution is 2.22. The predicted molar refractivity (Wildman–Crippen MR) is 162 cm³/mol. The second-order valence-corrected chi connectivity index (χ2v) is 13.2. The minimum absolute atomic E-state index is 0.0429. The SMILES string of the molecule is CC(C)CCCCCCCCCC(O)OC(=O)C(CCCCCCCCCC(C)C)CCCCC(C)C.